The molecule has 2 saturated heterocycles. The minimum Gasteiger partial charge on any atom is -0.507 e. The Kier molecular flexibility index (Phi) is 13.6. The molecule has 2 aliphatic rings. The maximum absolute atomic E-state index is 14.4. The van der Waals surface area contributed by atoms with Gasteiger partial charge in [0, 0.05) is 74.8 Å². The highest BCUT2D eigenvalue weighted by Crippen LogP contribution is 2.42. The zero-order chi connectivity index (χ0) is 40.5. The van der Waals surface area contributed by atoms with Gasteiger partial charge in [0.1, 0.15) is 31.2 Å². The number of phenolic OH excluding ortho intramolecular Hbond substituents is 1. The second-order valence-corrected chi connectivity index (χ2v) is 18.9. The van der Waals surface area contributed by atoms with Gasteiger partial charge in [0.2, 0.25) is 0 Å². The summed E-state index contributed by atoms with van der Waals surface area (Å²) >= 11 is 0. The van der Waals surface area contributed by atoms with Crippen molar-refractivity contribution in [3.05, 3.63) is 28.3 Å². The SMILES string of the molecule is CC(=O)OCCN1C(C)(C)CC(OC(=O)C(Cc2c(C)cc(C(C)(C)C)c(O)c2C)C(=O)OC2CC(C)(C)N(CCOC(C)=O)C(C)(C)C2)CC1(C)C. The van der Waals surface area contributed by atoms with Gasteiger partial charge in [-0.25, -0.2) is 0 Å². The first-order valence-corrected chi connectivity index (χ1v) is 19.1. The molecule has 1 N–H and O–H groups in total. The number of esters is 4. The van der Waals surface area contributed by atoms with Gasteiger partial charge in [0.25, 0.3) is 0 Å². The third kappa shape index (κ3) is 11.0. The minimum absolute atomic E-state index is 0.0232. The Hall–Kier alpha value is -3.18. The van der Waals surface area contributed by atoms with Crippen LogP contribution >= 0.6 is 0 Å². The molecule has 11 heteroatoms. The van der Waals surface area contributed by atoms with Crippen molar-refractivity contribution in [1.29, 1.82) is 0 Å². The standard InChI is InChI=1S/C42H68N2O9/c1-26-20-34(38(5,6)7)35(47)27(2)32(26)21-33(36(48)52-30-22-39(8,9)43(40(10,11)23-30)16-18-50-28(3)45)37(49)53-31-24-41(12,13)44(42(14,15)25-31)17-19-51-29(4)46/h20,30-31,33,47H,16-19,21-25H2,1-15H3. The quantitative estimate of drug-likeness (QED) is 0.139. The Morgan fingerprint density at radius 1 is 0.736 bits per heavy atom. The molecular weight excluding hydrogens is 676 g/mol. The third-order valence-electron chi connectivity index (χ3n) is 11.3. The number of rotatable bonds is 12. The predicted octanol–water partition coefficient (Wildman–Crippen LogP) is 6.72. The molecule has 0 atom stereocenters. The molecule has 0 bridgehead atoms. The molecule has 53 heavy (non-hydrogen) atoms. The summed E-state index contributed by atoms with van der Waals surface area (Å²) in [5.41, 5.74) is 1.13. The summed E-state index contributed by atoms with van der Waals surface area (Å²) in [6, 6.07) is 1.94. The summed E-state index contributed by atoms with van der Waals surface area (Å²) in [5, 5.41) is 11.3. The molecule has 2 heterocycles. The van der Waals surface area contributed by atoms with E-state index in [9.17, 15) is 24.3 Å². The first-order valence-electron chi connectivity index (χ1n) is 19.1. The fraction of sp³-hybridized carbons (Fsp3) is 0.762. The molecule has 0 saturated carbocycles. The summed E-state index contributed by atoms with van der Waals surface area (Å²) in [7, 11) is 0. The van der Waals surface area contributed by atoms with Crippen molar-refractivity contribution in [2.24, 2.45) is 5.92 Å². The number of hydrogen-bond donors (Lipinski definition) is 1. The molecule has 0 amide bonds. The Bertz CT molecular complexity index is 1410. The van der Waals surface area contributed by atoms with Crippen LogP contribution in [0.2, 0.25) is 0 Å². The van der Waals surface area contributed by atoms with Crippen molar-refractivity contribution in [1.82, 2.24) is 9.80 Å². The molecule has 3 rings (SSSR count). The lowest BCUT2D eigenvalue weighted by atomic mass is 9.78. The van der Waals surface area contributed by atoms with Crippen molar-refractivity contribution in [3.8, 4) is 5.75 Å². The van der Waals surface area contributed by atoms with Gasteiger partial charge in [0.05, 0.1) is 0 Å². The smallest absolute Gasteiger partial charge is 0.320 e. The number of ether oxygens (including phenoxy) is 4. The fourth-order valence-corrected chi connectivity index (χ4v) is 9.25. The molecule has 300 valence electrons. The zero-order valence-corrected chi connectivity index (χ0v) is 35.3. The van der Waals surface area contributed by atoms with E-state index in [0.29, 0.717) is 44.3 Å². The second kappa shape index (κ2) is 16.3. The van der Waals surface area contributed by atoms with Crippen molar-refractivity contribution in [3.63, 3.8) is 0 Å². The van der Waals surface area contributed by atoms with Crippen molar-refractivity contribution in [2.75, 3.05) is 26.3 Å². The lowest BCUT2D eigenvalue weighted by molar-refractivity contribution is -0.179. The monoisotopic (exact) mass is 744 g/mol. The largest absolute Gasteiger partial charge is 0.507 e. The summed E-state index contributed by atoms with van der Waals surface area (Å²) in [6.07, 6.45) is 1.19. The van der Waals surface area contributed by atoms with Gasteiger partial charge >= 0.3 is 23.9 Å². The topological polar surface area (TPSA) is 132 Å². The highest BCUT2D eigenvalue weighted by Gasteiger charge is 2.49. The molecule has 2 aliphatic heterocycles. The van der Waals surface area contributed by atoms with Crippen molar-refractivity contribution >= 4 is 23.9 Å². The maximum Gasteiger partial charge on any atom is 0.320 e. The summed E-state index contributed by atoms with van der Waals surface area (Å²) in [6.45, 7) is 31.0. The third-order valence-corrected chi connectivity index (χ3v) is 11.3. The first kappa shape index (κ1) is 44.2. The van der Waals surface area contributed by atoms with Crippen LogP contribution in [0, 0.1) is 19.8 Å². The molecule has 11 nitrogen and oxygen atoms in total. The molecule has 0 radical (unpaired) electrons. The van der Waals surface area contributed by atoms with Crippen LogP contribution in [0.3, 0.4) is 0 Å². The van der Waals surface area contributed by atoms with E-state index in [2.05, 4.69) is 65.2 Å². The van der Waals surface area contributed by atoms with E-state index in [-0.39, 0.29) is 42.7 Å². The lowest BCUT2D eigenvalue weighted by Gasteiger charge is -2.55. The number of likely N-dealkylation sites (tertiary alicyclic amines) is 2. The van der Waals surface area contributed by atoms with Gasteiger partial charge in [-0.05, 0) is 103 Å². The molecule has 0 aromatic heterocycles. The number of carbonyl (C=O) groups is 4. The Morgan fingerprint density at radius 2 is 1.09 bits per heavy atom. The van der Waals surface area contributed by atoms with Crippen LogP contribution < -0.4 is 0 Å². The first-order chi connectivity index (χ1) is 24.1. The number of aryl methyl sites for hydroxylation is 1. The normalized spacial score (nSPS) is 20.5. The van der Waals surface area contributed by atoms with Crippen LogP contribution in [-0.2, 0) is 50.0 Å². The average molecular weight is 745 g/mol. The van der Waals surface area contributed by atoms with Crippen LogP contribution in [0.1, 0.15) is 138 Å². The number of nitrogens with zero attached hydrogens (tertiary/aromatic N) is 2. The van der Waals surface area contributed by atoms with Crippen LogP contribution in [-0.4, -0.2) is 99.5 Å². The van der Waals surface area contributed by atoms with E-state index in [1.165, 1.54) is 13.8 Å². The highest BCUT2D eigenvalue weighted by molar-refractivity contribution is 5.95. The highest BCUT2D eigenvalue weighted by atomic mass is 16.6. The molecule has 1 aromatic rings. The summed E-state index contributed by atoms with van der Waals surface area (Å²) in [4.78, 5) is 56.2. The Morgan fingerprint density at radius 3 is 1.42 bits per heavy atom. The Labute approximate surface area is 318 Å². The van der Waals surface area contributed by atoms with E-state index in [4.69, 9.17) is 18.9 Å². The van der Waals surface area contributed by atoms with Gasteiger partial charge in [-0.15, -0.1) is 0 Å². The van der Waals surface area contributed by atoms with Crippen molar-refractivity contribution < 1.29 is 43.2 Å². The van der Waals surface area contributed by atoms with Crippen LogP contribution in [0.4, 0.5) is 0 Å². The van der Waals surface area contributed by atoms with E-state index >= 15 is 0 Å². The summed E-state index contributed by atoms with van der Waals surface area (Å²) in [5.74, 6) is -3.04. The van der Waals surface area contributed by atoms with Gasteiger partial charge in [-0.3, -0.25) is 29.0 Å². The number of benzene rings is 1. The van der Waals surface area contributed by atoms with Crippen LogP contribution in [0.25, 0.3) is 0 Å². The van der Waals surface area contributed by atoms with E-state index < -0.39 is 52.2 Å². The summed E-state index contributed by atoms with van der Waals surface area (Å²) < 4.78 is 23.1. The number of hydrogen-bond acceptors (Lipinski definition) is 11. The van der Waals surface area contributed by atoms with Gasteiger partial charge in [-0.2, -0.15) is 0 Å². The van der Waals surface area contributed by atoms with Gasteiger partial charge in [0.15, 0.2) is 5.92 Å². The minimum atomic E-state index is -1.26. The van der Waals surface area contributed by atoms with E-state index in [0.717, 1.165) is 16.7 Å². The number of aromatic hydroxyl groups is 1. The average Bonchev–Trinajstić information content (AvgIpc) is 2.95. The maximum atomic E-state index is 14.4. The van der Waals surface area contributed by atoms with E-state index in [1.807, 2.05) is 40.7 Å². The van der Waals surface area contributed by atoms with Crippen molar-refractivity contribution in [2.45, 2.75) is 176 Å². The molecule has 2 fully saturated rings. The second-order valence-electron chi connectivity index (χ2n) is 18.9. The molecular formula is C42H68N2O9. The number of piperidine rings is 2. The lowest BCUT2D eigenvalue weighted by Crippen LogP contribution is -2.63. The van der Waals surface area contributed by atoms with Crippen LogP contribution in [0.15, 0.2) is 6.07 Å². The fourth-order valence-electron chi connectivity index (χ4n) is 9.25. The van der Waals surface area contributed by atoms with Crippen LogP contribution in [0.5, 0.6) is 5.75 Å². The Balaban J connectivity index is 1.93. The number of carbonyl (C=O) groups excluding carboxylic acids is 4. The molecule has 0 unspecified atom stereocenters. The molecule has 0 spiro atoms. The molecule has 1 aromatic carbocycles. The zero-order valence-electron chi connectivity index (χ0n) is 35.3. The van der Waals surface area contributed by atoms with Gasteiger partial charge < -0.3 is 24.1 Å². The molecule has 0 aliphatic carbocycles. The number of phenols is 1. The van der Waals surface area contributed by atoms with Gasteiger partial charge in [-0.1, -0.05) is 26.8 Å². The van der Waals surface area contributed by atoms with E-state index in [1.54, 1.807) is 0 Å². The predicted molar refractivity (Wildman–Crippen MR) is 205 cm³/mol.